The first kappa shape index (κ1) is 16.1. The third-order valence-electron chi connectivity index (χ3n) is 4.05. The summed E-state index contributed by atoms with van der Waals surface area (Å²) in [5.74, 6) is 1.25. The van der Waals surface area contributed by atoms with Crippen molar-refractivity contribution >= 4 is 11.6 Å². The molecule has 5 heteroatoms. The Balaban J connectivity index is 1.83. The maximum absolute atomic E-state index is 12.5. The monoisotopic (exact) mass is 324 g/mol. The lowest BCUT2D eigenvalue weighted by Crippen LogP contribution is -2.23. The van der Waals surface area contributed by atoms with Gasteiger partial charge in [-0.25, -0.2) is 5.01 Å². The molecule has 0 unspecified atom stereocenters. The van der Waals surface area contributed by atoms with E-state index in [9.17, 15) is 4.79 Å². The van der Waals surface area contributed by atoms with Crippen LogP contribution >= 0.6 is 0 Å². The minimum atomic E-state index is -0.0783. The van der Waals surface area contributed by atoms with Crippen molar-refractivity contribution in [3.63, 3.8) is 0 Å². The average Bonchev–Trinajstić information content (AvgIpc) is 3.11. The molecule has 3 rings (SSSR count). The summed E-state index contributed by atoms with van der Waals surface area (Å²) in [6.45, 7) is 2.58. The Morgan fingerprint density at radius 2 is 1.75 bits per heavy atom. The van der Waals surface area contributed by atoms with E-state index >= 15 is 0 Å². The molecule has 5 nitrogen and oxygen atoms in total. The number of aryl methyl sites for hydroxylation is 1. The van der Waals surface area contributed by atoms with Gasteiger partial charge in [0.05, 0.1) is 26.5 Å². The van der Waals surface area contributed by atoms with Crippen LogP contribution in [0.4, 0.5) is 0 Å². The quantitative estimate of drug-likeness (QED) is 0.867. The zero-order valence-electron chi connectivity index (χ0n) is 14.1. The first-order valence-corrected chi connectivity index (χ1v) is 7.81. The summed E-state index contributed by atoms with van der Waals surface area (Å²) < 4.78 is 10.6. The number of ether oxygens (including phenoxy) is 2. The molecular formula is C19H20N2O3. The maximum atomic E-state index is 12.5. The molecule has 0 N–H and O–H groups in total. The van der Waals surface area contributed by atoms with E-state index in [1.54, 1.807) is 14.2 Å². The number of carbonyl (C=O) groups is 1. The first-order valence-electron chi connectivity index (χ1n) is 7.81. The van der Waals surface area contributed by atoms with E-state index in [1.807, 2.05) is 49.4 Å². The lowest BCUT2D eigenvalue weighted by Gasteiger charge is -2.11. The van der Waals surface area contributed by atoms with Crippen LogP contribution in [0.5, 0.6) is 11.5 Å². The number of rotatable bonds is 4. The van der Waals surface area contributed by atoms with Gasteiger partial charge in [0.1, 0.15) is 0 Å². The van der Waals surface area contributed by atoms with Gasteiger partial charge in [0, 0.05) is 17.5 Å². The Morgan fingerprint density at radius 1 is 1.04 bits per heavy atom. The summed E-state index contributed by atoms with van der Waals surface area (Å²) in [6.07, 6.45) is 0.715. The van der Waals surface area contributed by atoms with Crippen molar-refractivity contribution < 1.29 is 14.3 Å². The minimum absolute atomic E-state index is 0.0783. The van der Waals surface area contributed by atoms with Gasteiger partial charge in [-0.1, -0.05) is 17.7 Å². The summed E-state index contributed by atoms with van der Waals surface area (Å²) in [7, 11) is 3.21. The lowest BCUT2D eigenvalue weighted by molar-refractivity contribution is 0.0778. The van der Waals surface area contributed by atoms with Crippen molar-refractivity contribution in [2.45, 2.75) is 13.3 Å². The van der Waals surface area contributed by atoms with Crippen LogP contribution in [-0.2, 0) is 0 Å². The Hall–Kier alpha value is -2.82. The number of amides is 1. The van der Waals surface area contributed by atoms with Crippen LogP contribution < -0.4 is 9.47 Å². The molecule has 1 amide bonds. The third kappa shape index (κ3) is 3.11. The largest absolute Gasteiger partial charge is 0.493 e. The molecule has 0 aliphatic carbocycles. The molecule has 2 aromatic carbocycles. The van der Waals surface area contributed by atoms with Crippen LogP contribution in [0.25, 0.3) is 0 Å². The fourth-order valence-electron chi connectivity index (χ4n) is 2.67. The SMILES string of the molecule is COc1ccc(C2=NN(C(=O)c3ccc(C)cc3)CC2)cc1OC. The van der Waals surface area contributed by atoms with Gasteiger partial charge in [0.2, 0.25) is 0 Å². The molecule has 0 saturated carbocycles. The fourth-order valence-corrected chi connectivity index (χ4v) is 2.67. The van der Waals surface area contributed by atoms with E-state index in [4.69, 9.17) is 9.47 Å². The smallest absolute Gasteiger partial charge is 0.273 e. The molecule has 0 spiro atoms. The van der Waals surface area contributed by atoms with Crippen LogP contribution in [0.3, 0.4) is 0 Å². The number of hydrogen-bond acceptors (Lipinski definition) is 4. The number of hydrazone groups is 1. The van der Waals surface area contributed by atoms with Gasteiger partial charge >= 0.3 is 0 Å². The predicted octanol–water partition coefficient (Wildman–Crippen LogP) is 3.26. The van der Waals surface area contributed by atoms with Gasteiger partial charge in [-0.3, -0.25) is 4.79 Å². The Labute approximate surface area is 141 Å². The topological polar surface area (TPSA) is 51.1 Å². The molecule has 0 atom stereocenters. The summed E-state index contributed by atoms with van der Waals surface area (Å²) in [6, 6.07) is 13.2. The standard InChI is InChI=1S/C19H20N2O3/c1-13-4-6-14(7-5-13)19(22)21-11-10-16(20-21)15-8-9-17(23-2)18(12-15)24-3/h4-9,12H,10-11H2,1-3H3. The molecule has 1 heterocycles. The Kier molecular flexibility index (Phi) is 4.51. The molecule has 1 aliphatic rings. The van der Waals surface area contributed by atoms with Gasteiger partial charge in [0.25, 0.3) is 5.91 Å². The second-order valence-corrected chi connectivity index (χ2v) is 5.66. The molecular weight excluding hydrogens is 304 g/mol. The maximum Gasteiger partial charge on any atom is 0.273 e. The molecule has 0 saturated heterocycles. The fraction of sp³-hybridized carbons (Fsp3) is 0.263. The van der Waals surface area contributed by atoms with E-state index in [0.29, 0.717) is 30.0 Å². The van der Waals surface area contributed by atoms with Gasteiger partial charge in [-0.15, -0.1) is 0 Å². The Morgan fingerprint density at radius 3 is 2.42 bits per heavy atom. The second-order valence-electron chi connectivity index (χ2n) is 5.66. The van der Waals surface area contributed by atoms with Crippen LogP contribution in [0.15, 0.2) is 47.6 Å². The normalized spacial score (nSPS) is 13.6. The van der Waals surface area contributed by atoms with Gasteiger partial charge in [0.15, 0.2) is 11.5 Å². The summed E-state index contributed by atoms with van der Waals surface area (Å²) >= 11 is 0. The number of hydrogen-bond donors (Lipinski definition) is 0. The second kappa shape index (κ2) is 6.74. The van der Waals surface area contributed by atoms with Crippen LogP contribution in [-0.4, -0.2) is 37.4 Å². The van der Waals surface area contributed by atoms with Gasteiger partial charge < -0.3 is 9.47 Å². The van der Waals surface area contributed by atoms with Crippen molar-refractivity contribution in [2.24, 2.45) is 5.10 Å². The minimum Gasteiger partial charge on any atom is -0.493 e. The van der Waals surface area contributed by atoms with Gasteiger partial charge in [-0.2, -0.15) is 5.10 Å². The number of nitrogens with zero attached hydrogens (tertiary/aromatic N) is 2. The number of carbonyl (C=O) groups excluding carboxylic acids is 1. The Bertz CT molecular complexity index is 782. The first-order chi connectivity index (χ1) is 11.6. The highest BCUT2D eigenvalue weighted by Crippen LogP contribution is 2.29. The van der Waals surface area contributed by atoms with E-state index < -0.39 is 0 Å². The zero-order chi connectivity index (χ0) is 17.1. The molecule has 24 heavy (non-hydrogen) atoms. The summed E-state index contributed by atoms with van der Waals surface area (Å²) in [5, 5.41) is 6.02. The molecule has 0 bridgehead atoms. The number of methoxy groups -OCH3 is 2. The van der Waals surface area contributed by atoms with Crippen molar-refractivity contribution in [1.29, 1.82) is 0 Å². The van der Waals surface area contributed by atoms with E-state index in [2.05, 4.69) is 5.10 Å². The molecule has 124 valence electrons. The van der Waals surface area contributed by atoms with Crippen LogP contribution in [0, 0.1) is 6.92 Å². The van der Waals surface area contributed by atoms with Gasteiger partial charge in [-0.05, 0) is 37.3 Å². The van der Waals surface area contributed by atoms with Crippen molar-refractivity contribution in [2.75, 3.05) is 20.8 Å². The van der Waals surface area contributed by atoms with E-state index in [0.717, 1.165) is 16.8 Å². The third-order valence-corrected chi connectivity index (χ3v) is 4.05. The van der Waals surface area contributed by atoms with E-state index in [-0.39, 0.29) is 5.91 Å². The highest BCUT2D eigenvalue weighted by molar-refractivity contribution is 6.04. The van der Waals surface area contributed by atoms with Crippen LogP contribution in [0.1, 0.15) is 27.9 Å². The highest BCUT2D eigenvalue weighted by atomic mass is 16.5. The average molecular weight is 324 g/mol. The molecule has 0 fully saturated rings. The zero-order valence-corrected chi connectivity index (χ0v) is 14.1. The number of benzene rings is 2. The summed E-state index contributed by atoms with van der Waals surface area (Å²) in [5.41, 5.74) is 3.59. The van der Waals surface area contributed by atoms with Crippen molar-refractivity contribution in [3.05, 3.63) is 59.2 Å². The predicted molar refractivity (Wildman–Crippen MR) is 92.9 cm³/mol. The lowest BCUT2D eigenvalue weighted by atomic mass is 10.1. The van der Waals surface area contributed by atoms with Crippen molar-refractivity contribution in [1.82, 2.24) is 5.01 Å². The molecule has 2 aromatic rings. The highest BCUT2D eigenvalue weighted by Gasteiger charge is 2.23. The van der Waals surface area contributed by atoms with Crippen molar-refractivity contribution in [3.8, 4) is 11.5 Å². The molecule has 1 aliphatic heterocycles. The van der Waals surface area contributed by atoms with E-state index in [1.165, 1.54) is 5.01 Å². The molecule has 0 aromatic heterocycles. The molecule has 0 radical (unpaired) electrons. The van der Waals surface area contributed by atoms with Crippen LogP contribution in [0.2, 0.25) is 0 Å². The summed E-state index contributed by atoms with van der Waals surface area (Å²) in [4.78, 5) is 12.5.